The highest BCUT2D eigenvalue weighted by atomic mass is 19.1. The number of furan rings is 1. The average Bonchev–Trinajstić information content (AvgIpc) is 3.09. The molecule has 0 atom stereocenters. The highest BCUT2D eigenvalue weighted by molar-refractivity contribution is 5.79. The lowest BCUT2D eigenvalue weighted by Crippen LogP contribution is -2.00. The van der Waals surface area contributed by atoms with Gasteiger partial charge in [0.2, 0.25) is 0 Å². The number of rotatable bonds is 3. The first-order valence-corrected chi connectivity index (χ1v) is 6.72. The second kappa shape index (κ2) is 5.81. The van der Waals surface area contributed by atoms with E-state index >= 15 is 0 Å². The number of methoxy groups -OCH3 is 1. The summed E-state index contributed by atoms with van der Waals surface area (Å²) in [5.41, 5.74) is 7.73. The van der Waals surface area contributed by atoms with Crippen molar-refractivity contribution in [2.24, 2.45) is 0 Å². The number of anilines is 1. The first kappa shape index (κ1) is 14.6. The summed E-state index contributed by atoms with van der Waals surface area (Å²) in [5, 5.41) is 9.36. The highest BCUT2D eigenvalue weighted by Crippen LogP contribution is 2.33. The van der Waals surface area contributed by atoms with Crippen LogP contribution in [0.1, 0.15) is 5.56 Å². The van der Waals surface area contributed by atoms with E-state index in [1.807, 2.05) is 6.07 Å². The molecule has 0 saturated heterocycles. The van der Waals surface area contributed by atoms with E-state index in [2.05, 4.69) is 4.98 Å². The van der Waals surface area contributed by atoms with Gasteiger partial charge in [0.15, 0.2) is 17.3 Å². The third-order valence-corrected chi connectivity index (χ3v) is 3.39. The Hall–Kier alpha value is -3.33. The zero-order valence-electron chi connectivity index (χ0n) is 12.2. The number of ether oxygens (including phenoxy) is 1. The summed E-state index contributed by atoms with van der Waals surface area (Å²) in [7, 11) is 1.38. The minimum atomic E-state index is -0.483. The molecule has 0 aliphatic rings. The molecule has 0 aliphatic heterocycles. The van der Waals surface area contributed by atoms with Crippen LogP contribution in [0.2, 0.25) is 0 Å². The Morgan fingerprint density at radius 2 is 2.13 bits per heavy atom. The van der Waals surface area contributed by atoms with Crippen LogP contribution < -0.4 is 10.5 Å². The number of nitrogens with zero attached hydrogens (tertiary/aromatic N) is 2. The second-order valence-corrected chi connectivity index (χ2v) is 4.75. The van der Waals surface area contributed by atoms with E-state index in [-0.39, 0.29) is 17.1 Å². The van der Waals surface area contributed by atoms with Gasteiger partial charge in [-0.2, -0.15) is 5.26 Å². The summed E-state index contributed by atoms with van der Waals surface area (Å²) in [6, 6.07) is 11.5. The number of halogens is 1. The number of benzene rings is 1. The second-order valence-electron chi connectivity index (χ2n) is 4.75. The maximum Gasteiger partial charge on any atom is 0.165 e. The van der Waals surface area contributed by atoms with Gasteiger partial charge < -0.3 is 14.9 Å². The van der Waals surface area contributed by atoms with Crippen molar-refractivity contribution in [3.05, 3.63) is 54.0 Å². The molecule has 0 fully saturated rings. The van der Waals surface area contributed by atoms with Crippen molar-refractivity contribution in [3.63, 3.8) is 0 Å². The number of nitrogens with two attached hydrogens (primary N) is 1. The number of hydrogen-bond acceptors (Lipinski definition) is 5. The third kappa shape index (κ3) is 2.60. The largest absolute Gasteiger partial charge is 0.494 e. The Morgan fingerprint density at radius 1 is 1.30 bits per heavy atom. The predicted molar refractivity (Wildman–Crippen MR) is 83.0 cm³/mol. The van der Waals surface area contributed by atoms with Crippen molar-refractivity contribution in [2.75, 3.05) is 12.8 Å². The summed E-state index contributed by atoms with van der Waals surface area (Å²) in [6.07, 6.45) is 1.52. The average molecular weight is 309 g/mol. The van der Waals surface area contributed by atoms with Crippen molar-refractivity contribution >= 4 is 5.82 Å². The molecule has 0 spiro atoms. The molecule has 0 unspecified atom stereocenters. The standard InChI is InChI=1S/C17H12FN3O2/c1-22-16-7-10(4-5-13(16)18)11-8-14(15-3-2-6-23-15)21-17(20)12(11)9-19/h2-8H,1H3,(H2,20,21). The van der Waals surface area contributed by atoms with E-state index in [4.69, 9.17) is 14.9 Å². The van der Waals surface area contributed by atoms with Crippen LogP contribution in [-0.2, 0) is 0 Å². The lowest BCUT2D eigenvalue weighted by Gasteiger charge is -2.10. The van der Waals surface area contributed by atoms with Crippen LogP contribution in [-0.4, -0.2) is 12.1 Å². The summed E-state index contributed by atoms with van der Waals surface area (Å²) in [5.74, 6) is 0.209. The predicted octanol–water partition coefficient (Wildman–Crippen LogP) is 3.61. The summed E-state index contributed by atoms with van der Waals surface area (Å²) < 4.78 is 23.9. The molecule has 5 nitrogen and oxygen atoms in total. The van der Waals surface area contributed by atoms with Crippen LogP contribution in [0.3, 0.4) is 0 Å². The molecule has 0 amide bonds. The molecule has 23 heavy (non-hydrogen) atoms. The Labute approximate surface area is 131 Å². The van der Waals surface area contributed by atoms with E-state index in [1.54, 1.807) is 24.3 Å². The summed E-state index contributed by atoms with van der Waals surface area (Å²) in [4.78, 5) is 4.19. The third-order valence-electron chi connectivity index (χ3n) is 3.39. The van der Waals surface area contributed by atoms with Crippen LogP contribution in [0.25, 0.3) is 22.6 Å². The van der Waals surface area contributed by atoms with Gasteiger partial charge in [0, 0.05) is 5.56 Å². The number of hydrogen-bond donors (Lipinski definition) is 1. The SMILES string of the molecule is COc1cc(-c2cc(-c3ccco3)nc(N)c2C#N)ccc1F. The maximum absolute atomic E-state index is 13.6. The van der Waals surface area contributed by atoms with Gasteiger partial charge in [0.05, 0.1) is 13.4 Å². The van der Waals surface area contributed by atoms with Gasteiger partial charge in [-0.1, -0.05) is 6.07 Å². The quantitative estimate of drug-likeness (QED) is 0.798. The van der Waals surface area contributed by atoms with Crippen LogP contribution >= 0.6 is 0 Å². The van der Waals surface area contributed by atoms with Gasteiger partial charge in [-0.25, -0.2) is 9.37 Å². The van der Waals surface area contributed by atoms with E-state index in [9.17, 15) is 9.65 Å². The first-order chi connectivity index (χ1) is 11.1. The Morgan fingerprint density at radius 3 is 2.78 bits per heavy atom. The fraction of sp³-hybridized carbons (Fsp3) is 0.0588. The van der Waals surface area contributed by atoms with Gasteiger partial charge in [-0.05, 0) is 35.9 Å². The van der Waals surface area contributed by atoms with Crippen molar-refractivity contribution in [2.45, 2.75) is 0 Å². The molecule has 3 aromatic rings. The fourth-order valence-electron chi connectivity index (χ4n) is 2.29. The van der Waals surface area contributed by atoms with Crippen LogP contribution in [0.5, 0.6) is 5.75 Å². The zero-order chi connectivity index (χ0) is 16.4. The molecular weight excluding hydrogens is 297 g/mol. The molecule has 6 heteroatoms. The molecule has 0 radical (unpaired) electrons. The number of aromatic nitrogens is 1. The van der Waals surface area contributed by atoms with Gasteiger partial charge in [-0.3, -0.25) is 0 Å². The smallest absolute Gasteiger partial charge is 0.165 e. The molecule has 2 aromatic heterocycles. The van der Waals surface area contributed by atoms with Crippen LogP contribution in [0, 0.1) is 17.1 Å². The number of pyridine rings is 1. The molecule has 0 bridgehead atoms. The van der Waals surface area contributed by atoms with Crippen molar-refractivity contribution in [3.8, 4) is 34.4 Å². The maximum atomic E-state index is 13.6. The highest BCUT2D eigenvalue weighted by Gasteiger charge is 2.16. The topological polar surface area (TPSA) is 85.1 Å². The Kier molecular flexibility index (Phi) is 3.69. The molecule has 2 N–H and O–H groups in total. The van der Waals surface area contributed by atoms with Gasteiger partial charge in [-0.15, -0.1) is 0 Å². The minimum Gasteiger partial charge on any atom is -0.494 e. The number of nitriles is 1. The minimum absolute atomic E-state index is 0.0830. The fourth-order valence-corrected chi connectivity index (χ4v) is 2.29. The molecule has 0 aliphatic carbocycles. The normalized spacial score (nSPS) is 10.3. The van der Waals surface area contributed by atoms with E-state index < -0.39 is 5.82 Å². The van der Waals surface area contributed by atoms with Crippen molar-refractivity contribution in [1.29, 1.82) is 5.26 Å². The van der Waals surface area contributed by atoms with E-state index in [0.29, 0.717) is 22.6 Å². The monoisotopic (exact) mass is 309 g/mol. The van der Waals surface area contributed by atoms with Gasteiger partial charge in [0.25, 0.3) is 0 Å². The zero-order valence-corrected chi connectivity index (χ0v) is 12.2. The number of nitrogen functional groups attached to an aromatic ring is 1. The lowest BCUT2D eigenvalue weighted by molar-refractivity contribution is 0.387. The molecule has 3 rings (SSSR count). The van der Waals surface area contributed by atoms with E-state index in [1.165, 1.54) is 25.5 Å². The van der Waals surface area contributed by atoms with E-state index in [0.717, 1.165) is 0 Å². The molecule has 0 saturated carbocycles. The van der Waals surface area contributed by atoms with Crippen molar-refractivity contribution < 1.29 is 13.5 Å². The van der Waals surface area contributed by atoms with Gasteiger partial charge in [0.1, 0.15) is 23.1 Å². The molecule has 1 aromatic carbocycles. The van der Waals surface area contributed by atoms with Crippen molar-refractivity contribution in [1.82, 2.24) is 4.98 Å². The molecule has 2 heterocycles. The van der Waals surface area contributed by atoms with Gasteiger partial charge >= 0.3 is 0 Å². The van der Waals surface area contributed by atoms with Crippen LogP contribution in [0.15, 0.2) is 47.1 Å². The summed E-state index contributed by atoms with van der Waals surface area (Å²) >= 11 is 0. The molecule has 114 valence electrons. The van der Waals surface area contributed by atoms with Crippen LogP contribution in [0.4, 0.5) is 10.2 Å². The lowest BCUT2D eigenvalue weighted by atomic mass is 9.99. The Balaban J connectivity index is 2.23. The molecular formula is C17H12FN3O2. The first-order valence-electron chi connectivity index (χ1n) is 6.72. The Bertz CT molecular complexity index is 899. The summed E-state index contributed by atoms with van der Waals surface area (Å²) in [6.45, 7) is 0.